The molecule has 0 aromatic heterocycles. The second-order valence-electron chi connectivity index (χ2n) is 8.68. The van der Waals surface area contributed by atoms with Gasteiger partial charge in [0.25, 0.3) is 0 Å². The quantitative estimate of drug-likeness (QED) is 0.212. The second-order valence-corrected chi connectivity index (χ2v) is 8.68. The molecule has 180 valence electrons. The first kappa shape index (κ1) is 25.5. The van der Waals surface area contributed by atoms with Gasteiger partial charge in [-0.3, -0.25) is 0 Å². The van der Waals surface area contributed by atoms with Crippen LogP contribution in [0, 0.1) is 24.5 Å². The Kier molecular flexibility index (Phi) is 8.54. The molecule has 3 rings (SSSR count). The third-order valence-electron chi connectivity index (χ3n) is 6.29. The van der Waals surface area contributed by atoms with Crippen molar-refractivity contribution < 1.29 is 22.3 Å². The summed E-state index contributed by atoms with van der Waals surface area (Å²) in [4.78, 5) is 0. The summed E-state index contributed by atoms with van der Waals surface area (Å²) in [6.07, 6.45) is 6.07. The van der Waals surface area contributed by atoms with E-state index in [2.05, 4.69) is 13.2 Å². The minimum absolute atomic E-state index is 0.0852. The van der Waals surface area contributed by atoms with Crippen LogP contribution >= 0.6 is 0 Å². The number of allylic oxidation sites excluding steroid dienone is 5. The molecule has 0 saturated heterocycles. The van der Waals surface area contributed by atoms with Crippen LogP contribution in [0.1, 0.15) is 49.7 Å². The van der Waals surface area contributed by atoms with E-state index in [4.69, 9.17) is 4.74 Å². The predicted molar refractivity (Wildman–Crippen MR) is 130 cm³/mol. The Balaban J connectivity index is 1.64. The molecule has 0 unspecified atom stereocenters. The van der Waals surface area contributed by atoms with Gasteiger partial charge in [0.05, 0.1) is 6.61 Å². The minimum Gasteiger partial charge on any atom is -0.491 e. The zero-order valence-corrected chi connectivity index (χ0v) is 19.6. The van der Waals surface area contributed by atoms with Crippen molar-refractivity contribution in [2.45, 2.75) is 45.4 Å². The Hall–Kier alpha value is -3.08. The molecule has 0 spiro atoms. The maximum absolute atomic E-state index is 14.9. The van der Waals surface area contributed by atoms with Crippen LogP contribution in [-0.2, 0) is 4.74 Å². The lowest BCUT2D eigenvalue weighted by Gasteiger charge is -2.27. The SMILES string of the molecule is C=C(/C=C/C1CCC(c2ccc(-c3ccc(C)cc3)c(F)c2F)CC1)/C(F)=C(/F)C(=C)OCC. The highest BCUT2D eigenvalue weighted by Gasteiger charge is 2.26. The number of aryl methyl sites for hydroxylation is 1. The number of rotatable bonds is 8. The molecular formula is C29H30F4O. The Bertz CT molecular complexity index is 1100. The van der Waals surface area contributed by atoms with Gasteiger partial charge in [0.2, 0.25) is 5.83 Å². The van der Waals surface area contributed by atoms with E-state index < -0.39 is 23.3 Å². The highest BCUT2D eigenvalue weighted by molar-refractivity contribution is 5.65. The first-order chi connectivity index (χ1) is 16.2. The molecule has 1 aliphatic rings. The average Bonchev–Trinajstić information content (AvgIpc) is 2.84. The van der Waals surface area contributed by atoms with Crippen molar-refractivity contribution in [2.24, 2.45) is 5.92 Å². The summed E-state index contributed by atoms with van der Waals surface area (Å²) < 4.78 is 62.9. The first-order valence-corrected chi connectivity index (χ1v) is 11.5. The molecule has 1 nitrogen and oxygen atoms in total. The summed E-state index contributed by atoms with van der Waals surface area (Å²) in [7, 11) is 0. The first-order valence-electron chi connectivity index (χ1n) is 11.5. The number of hydrogen-bond donors (Lipinski definition) is 0. The molecular weight excluding hydrogens is 440 g/mol. The molecule has 0 N–H and O–H groups in total. The third-order valence-corrected chi connectivity index (χ3v) is 6.29. The van der Waals surface area contributed by atoms with Gasteiger partial charge in [0.15, 0.2) is 23.2 Å². The van der Waals surface area contributed by atoms with Gasteiger partial charge in [0, 0.05) is 11.1 Å². The summed E-state index contributed by atoms with van der Waals surface area (Å²) in [5.41, 5.74) is 2.25. The van der Waals surface area contributed by atoms with E-state index in [-0.39, 0.29) is 35.3 Å². The molecule has 2 aromatic carbocycles. The van der Waals surface area contributed by atoms with E-state index in [0.29, 0.717) is 24.0 Å². The molecule has 0 radical (unpaired) electrons. The van der Waals surface area contributed by atoms with E-state index >= 15 is 0 Å². The second kappa shape index (κ2) is 11.4. The molecule has 0 bridgehead atoms. The van der Waals surface area contributed by atoms with E-state index in [1.165, 1.54) is 6.08 Å². The Morgan fingerprint density at radius 3 is 2.21 bits per heavy atom. The van der Waals surface area contributed by atoms with Crippen molar-refractivity contribution >= 4 is 0 Å². The molecule has 0 aliphatic heterocycles. The molecule has 1 saturated carbocycles. The van der Waals surface area contributed by atoms with E-state index in [9.17, 15) is 17.6 Å². The van der Waals surface area contributed by atoms with Crippen molar-refractivity contribution in [1.82, 2.24) is 0 Å². The van der Waals surface area contributed by atoms with Crippen molar-refractivity contribution in [1.29, 1.82) is 0 Å². The largest absolute Gasteiger partial charge is 0.491 e. The van der Waals surface area contributed by atoms with Gasteiger partial charge in [-0.25, -0.2) is 13.2 Å². The van der Waals surface area contributed by atoms with Crippen LogP contribution in [0.25, 0.3) is 11.1 Å². The van der Waals surface area contributed by atoms with E-state index in [1.807, 2.05) is 19.1 Å². The maximum Gasteiger partial charge on any atom is 0.200 e. The van der Waals surface area contributed by atoms with Crippen LogP contribution < -0.4 is 0 Å². The highest BCUT2D eigenvalue weighted by Crippen LogP contribution is 2.39. The zero-order chi connectivity index (χ0) is 24.8. The van der Waals surface area contributed by atoms with Crippen LogP contribution in [-0.4, -0.2) is 6.61 Å². The Morgan fingerprint density at radius 1 is 0.941 bits per heavy atom. The standard InChI is InChI=1S/C29H30F4O/c1-5-34-20(4)27(31)26(30)19(3)8-9-21-10-14-23(15-11-21)25-17-16-24(28(32)29(25)33)22-12-6-18(2)7-13-22/h6-9,12-13,16-17,21,23H,3-5,10-11,14-15H2,1-2H3/b9-8+,27-26-. The van der Waals surface area contributed by atoms with Crippen LogP contribution in [0.4, 0.5) is 17.6 Å². The fourth-order valence-electron chi connectivity index (χ4n) is 4.28. The monoisotopic (exact) mass is 470 g/mol. The fourth-order valence-corrected chi connectivity index (χ4v) is 4.28. The normalized spacial score (nSPS) is 19.1. The molecule has 0 amide bonds. The average molecular weight is 471 g/mol. The molecule has 2 aromatic rings. The molecule has 1 aliphatic carbocycles. The number of hydrogen-bond acceptors (Lipinski definition) is 1. The van der Waals surface area contributed by atoms with Crippen molar-refractivity contribution in [2.75, 3.05) is 6.61 Å². The van der Waals surface area contributed by atoms with Crippen LogP contribution in [0.2, 0.25) is 0 Å². The number of halogens is 4. The summed E-state index contributed by atoms with van der Waals surface area (Å²) >= 11 is 0. The summed E-state index contributed by atoms with van der Waals surface area (Å²) in [6.45, 7) is 10.7. The highest BCUT2D eigenvalue weighted by atomic mass is 19.2. The Morgan fingerprint density at radius 2 is 1.59 bits per heavy atom. The predicted octanol–water partition coefficient (Wildman–Crippen LogP) is 9.03. The third kappa shape index (κ3) is 5.88. The minimum atomic E-state index is -1.16. The number of benzene rings is 2. The smallest absolute Gasteiger partial charge is 0.200 e. The van der Waals surface area contributed by atoms with Crippen LogP contribution in [0.15, 0.2) is 84.7 Å². The van der Waals surface area contributed by atoms with Crippen molar-refractivity contribution in [3.63, 3.8) is 0 Å². The van der Waals surface area contributed by atoms with Gasteiger partial charge in [-0.15, -0.1) is 0 Å². The van der Waals surface area contributed by atoms with Gasteiger partial charge < -0.3 is 4.74 Å². The lowest BCUT2D eigenvalue weighted by molar-refractivity contribution is 0.224. The van der Waals surface area contributed by atoms with Gasteiger partial charge in [-0.1, -0.05) is 67.3 Å². The molecule has 0 atom stereocenters. The molecule has 1 fully saturated rings. The molecule has 5 heteroatoms. The molecule has 0 heterocycles. The maximum atomic E-state index is 14.9. The lowest BCUT2D eigenvalue weighted by Crippen LogP contribution is -2.13. The topological polar surface area (TPSA) is 9.23 Å². The van der Waals surface area contributed by atoms with Gasteiger partial charge in [0.1, 0.15) is 0 Å². The van der Waals surface area contributed by atoms with Crippen LogP contribution in [0.3, 0.4) is 0 Å². The van der Waals surface area contributed by atoms with Crippen molar-refractivity contribution in [3.05, 3.63) is 107 Å². The molecule has 34 heavy (non-hydrogen) atoms. The summed E-state index contributed by atoms with van der Waals surface area (Å²) in [6, 6.07) is 10.6. The van der Waals surface area contributed by atoms with Crippen molar-refractivity contribution in [3.8, 4) is 11.1 Å². The van der Waals surface area contributed by atoms with E-state index in [0.717, 1.165) is 18.4 Å². The van der Waals surface area contributed by atoms with Crippen LogP contribution in [0.5, 0.6) is 0 Å². The zero-order valence-electron chi connectivity index (χ0n) is 19.6. The fraction of sp³-hybridized carbons (Fsp3) is 0.310. The lowest BCUT2D eigenvalue weighted by atomic mass is 9.78. The summed E-state index contributed by atoms with van der Waals surface area (Å²) in [5.74, 6) is -4.20. The number of ether oxygens (including phenoxy) is 1. The van der Waals surface area contributed by atoms with Gasteiger partial charge in [-0.05, 0) is 62.5 Å². The Labute approximate surface area is 199 Å². The summed E-state index contributed by atoms with van der Waals surface area (Å²) in [5, 5.41) is 0. The van der Waals surface area contributed by atoms with Gasteiger partial charge in [-0.2, -0.15) is 4.39 Å². The van der Waals surface area contributed by atoms with E-state index in [1.54, 1.807) is 37.3 Å². The van der Waals surface area contributed by atoms with Gasteiger partial charge >= 0.3 is 0 Å².